The molecular formula is C26H52N2O8. The summed E-state index contributed by atoms with van der Waals surface area (Å²) in [5.74, 6) is -2.07. The van der Waals surface area contributed by atoms with Crippen LogP contribution in [0.15, 0.2) is 0 Å². The van der Waals surface area contributed by atoms with E-state index in [-0.39, 0.29) is 18.3 Å². The predicted molar refractivity (Wildman–Crippen MR) is 141 cm³/mol. The minimum Gasteiger partial charge on any atom is -0.480 e. The van der Waals surface area contributed by atoms with E-state index in [1.54, 1.807) is 41.5 Å². The van der Waals surface area contributed by atoms with Gasteiger partial charge >= 0.3 is 24.1 Å². The van der Waals surface area contributed by atoms with Gasteiger partial charge in [0, 0.05) is 7.05 Å². The molecule has 0 unspecified atom stereocenters. The largest absolute Gasteiger partial charge is 0.480 e. The summed E-state index contributed by atoms with van der Waals surface area (Å²) in [7, 11) is 1.46. The van der Waals surface area contributed by atoms with Crippen molar-refractivity contribution in [3.8, 4) is 0 Å². The smallest absolute Gasteiger partial charge is 0.410 e. The van der Waals surface area contributed by atoms with Crippen LogP contribution >= 0.6 is 0 Å². The summed E-state index contributed by atoms with van der Waals surface area (Å²) < 4.78 is 10.2. The monoisotopic (exact) mass is 520 g/mol. The van der Waals surface area contributed by atoms with Gasteiger partial charge in [0.25, 0.3) is 0 Å². The van der Waals surface area contributed by atoms with Crippen molar-refractivity contribution in [3.05, 3.63) is 0 Å². The maximum atomic E-state index is 11.8. The van der Waals surface area contributed by atoms with Crippen LogP contribution in [0.4, 0.5) is 9.59 Å². The molecule has 214 valence electrons. The number of carbonyl (C=O) groups is 4. The molecule has 0 rings (SSSR count). The first-order valence-electron chi connectivity index (χ1n) is 11.6. The number of rotatable bonds is 6. The molecule has 0 aromatic carbocycles. The highest BCUT2D eigenvalue weighted by molar-refractivity contribution is 5.80. The molecule has 2 amide bonds. The van der Waals surface area contributed by atoms with Crippen LogP contribution in [0, 0.1) is 10.8 Å². The first kappa shape index (κ1) is 38.0. The van der Waals surface area contributed by atoms with Crippen LogP contribution in [0.25, 0.3) is 0 Å². The molecule has 0 bridgehead atoms. The van der Waals surface area contributed by atoms with Crippen molar-refractivity contribution >= 4 is 24.1 Å². The molecule has 10 nitrogen and oxygen atoms in total. The summed E-state index contributed by atoms with van der Waals surface area (Å²) >= 11 is 0. The van der Waals surface area contributed by atoms with E-state index in [2.05, 4.69) is 5.32 Å². The SMILES string of the molecule is C.CC(C)(C)C[C@H](NC(=O)OC(C)(C)C)C(=O)O.CN(C(=O)OC(C)(C)C)[C@@H](CC(C)(C)C)C(=O)O. The van der Waals surface area contributed by atoms with Crippen molar-refractivity contribution in [3.63, 3.8) is 0 Å². The average molecular weight is 521 g/mol. The predicted octanol–water partition coefficient (Wildman–Crippen LogP) is 5.78. The molecule has 3 N–H and O–H groups in total. The Morgan fingerprint density at radius 2 is 1.11 bits per heavy atom. The molecule has 0 aromatic rings. The van der Waals surface area contributed by atoms with E-state index in [1.165, 1.54) is 7.05 Å². The van der Waals surface area contributed by atoms with E-state index in [9.17, 15) is 24.3 Å². The first-order valence-corrected chi connectivity index (χ1v) is 11.6. The van der Waals surface area contributed by atoms with Crippen LogP contribution < -0.4 is 5.32 Å². The van der Waals surface area contributed by atoms with E-state index in [4.69, 9.17) is 14.6 Å². The van der Waals surface area contributed by atoms with Crippen LogP contribution in [-0.4, -0.2) is 69.6 Å². The Kier molecular flexibility index (Phi) is 15.1. The van der Waals surface area contributed by atoms with E-state index in [1.807, 2.05) is 41.5 Å². The van der Waals surface area contributed by atoms with Crippen molar-refractivity contribution in [1.82, 2.24) is 10.2 Å². The Balaban J connectivity index is -0.000000590. The highest BCUT2D eigenvalue weighted by Crippen LogP contribution is 2.24. The fourth-order valence-corrected chi connectivity index (χ4v) is 2.69. The van der Waals surface area contributed by atoms with E-state index >= 15 is 0 Å². The zero-order chi connectivity index (χ0) is 28.6. The number of ether oxygens (including phenoxy) is 2. The van der Waals surface area contributed by atoms with Gasteiger partial charge in [-0.2, -0.15) is 0 Å². The van der Waals surface area contributed by atoms with Crippen molar-refractivity contribution in [1.29, 1.82) is 0 Å². The minimum atomic E-state index is -1.05. The molecule has 0 aliphatic rings. The Hall–Kier alpha value is -2.52. The van der Waals surface area contributed by atoms with Crippen molar-refractivity contribution in [2.45, 2.75) is 127 Å². The zero-order valence-electron chi connectivity index (χ0n) is 23.9. The second-order valence-corrected chi connectivity index (χ2v) is 13.0. The van der Waals surface area contributed by atoms with E-state index < -0.39 is 47.4 Å². The number of amides is 2. The van der Waals surface area contributed by atoms with Gasteiger partial charge in [-0.25, -0.2) is 19.2 Å². The summed E-state index contributed by atoms with van der Waals surface area (Å²) in [4.78, 5) is 46.7. The van der Waals surface area contributed by atoms with Gasteiger partial charge in [-0.15, -0.1) is 0 Å². The number of nitrogens with zero attached hydrogens (tertiary/aromatic N) is 1. The lowest BCUT2D eigenvalue weighted by atomic mass is 9.87. The van der Waals surface area contributed by atoms with E-state index in [0.29, 0.717) is 12.8 Å². The Morgan fingerprint density at radius 3 is 1.39 bits per heavy atom. The molecule has 0 aliphatic carbocycles. The molecule has 36 heavy (non-hydrogen) atoms. The van der Waals surface area contributed by atoms with E-state index in [0.717, 1.165) is 4.90 Å². The molecule has 0 fully saturated rings. The Labute approximate surface area is 218 Å². The number of hydrogen-bond donors (Lipinski definition) is 3. The topological polar surface area (TPSA) is 142 Å². The van der Waals surface area contributed by atoms with Crippen molar-refractivity contribution < 1.29 is 38.9 Å². The fourth-order valence-electron chi connectivity index (χ4n) is 2.69. The first-order chi connectivity index (χ1) is 15.2. The van der Waals surface area contributed by atoms with Crippen LogP contribution in [0.3, 0.4) is 0 Å². The summed E-state index contributed by atoms with van der Waals surface area (Å²) in [6, 6.07) is -1.80. The number of hydrogen-bond acceptors (Lipinski definition) is 6. The Bertz CT molecular complexity index is 722. The van der Waals surface area contributed by atoms with Crippen LogP contribution in [-0.2, 0) is 19.1 Å². The lowest BCUT2D eigenvalue weighted by Crippen LogP contribution is -2.46. The maximum absolute atomic E-state index is 11.8. The third-order valence-corrected chi connectivity index (χ3v) is 4.05. The van der Waals surface area contributed by atoms with Crippen molar-refractivity contribution in [2.24, 2.45) is 10.8 Å². The molecule has 2 atom stereocenters. The van der Waals surface area contributed by atoms with Crippen LogP contribution in [0.1, 0.15) is 103 Å². The number of carboxylic acid groups (broad SMARTS) is 2. The third kappa shape index (κ3) is 20.8. The lowest BCUT2D eigenvalue weighted by molar-refractivity contribution is -0.144. The zero-order valence-corrected chi connectivity index (χ0v) is 23.9. The summed E-state index contributed by atoms with van der Waals surface area (Å²) in [6.07, 6.45) is -0.590. The fraction of sp³-hybridized carbons (Fsp3) is 0.846. The van der Waals surface area contributed by atoms with Gasteiger partial charge in [0.1, 0.15) is 23.3 Å². The summed E-state index contributed by atoms with van der Waals surface area (Å²) in [6.45, 7) is 22.0. The molecule has 0 heterocycles. The van der Waals surface area contributed by atoms with Gasteiger partial charge < -0.3 is 25.0 Å². The third-order valence-electron chi connectivity index (χ3n) is 4.05. The number of aliphatic carboxylic acids is 2. The highest BCUT2D eigenvalue weighted by Gasteiger charge is 2.33. The van der Waals surface area contributed by atoms with Gasteiger partial charge in [-0.3, -0.25) is 4.90 Å². The second kappa shape index (κ2) is 14.3. The van der Waals surface area contributed by atoms with Gasteiger partial charge in [-0.1, -0.05) is 49.0 Å². The molecule has 10 heteroatoms. The highest BCUT2D eigenvalue weighted by atomic mass is 16.6. The molecule has 0 saturated heterocycles. The molecule has 0 spiro atoms. The number of carbonyl (C=O) groups excluding carboxylic acids is 2. The van der Waals surface area contributed by atoms with Gasteiger partial charge in [0.15, 0.2) is 0 Å². The lowest BCUT2D eigenvalue weighted by Gasteiger charge is -2.31. The number of nitrogens with one attached hydrogen (secondary N) is 1. The van der Waals surface area contributed by atoms with Gasteiger partial charge in [0.05, 0.1) is 0 Å². The van der Waals surface area contributed by atoms with Crippen LogP contribution in [0.2, 0.25) is 0 Å². The quantitative estimate of drug-likeness (QED) is 0.400. The molecular weight excluding hydrogens is 468 g/mol. The number of carboxylic acids is 2. The number of likely N-dealkylation sites (N-methyl/N-ethyl adjacent to an activating group) is 1. The van der Waals surface area contributed by atoms with Crippen LogP contribution in [0.5, 0.6) is 0 Å². The average Bonchev–Trinajstić information content (AvgIpc) is 2.53. The Morgan fingerprint density at radius 1 is 0.722 bits per heavy atom. The van der Waals surface area contributed by atoms with Gasteiger partial charge in [0.2, 0.25) is 0 Å². The van der Waals surface area contributed by atoms with Crippen molar-refractivity contribution in [2.75, 3.05) is 7.05 Å². The molecule has 0 radical (unpaired) electrons. The normalized spacial score (nSPS) is 13.6. The number of alkyl carbamates (subject to hydrolysis) is 1. The molecule has 0 aromatic heterocycles. The van der Waals surface area contributed by atoms with Gasteiger partial charge in [-0.05, 0) is 65.2 Å². The molecule has 0 aliphatic heterocycles. The minimum absolute atomic E-state index is 0. The molecule has 0 saturated carbocycles. The standard InChI is InChI=1S/C13H25NO4.C12H23NO4.CH4/c1-12(2,3)8-9(10(15)16)14(7)11(17)18-13(4,5)6;1-11(2,3)7-8(9(14)15)13-10(16)17-12(4,5)6;/h9H,8H2,1-7H3,(H,15,16);8H,7H2,1-6H3,(H,13,16)(H,14,15);1H4/t9-;8-;/m00./s1. The summed E-state index contributed by atoms with van der Waals surface area (Å²) in [5.41, 5.74) is -1.62. The summed E-state index contributed by atoms with van der Waals surface area (Å²) in [5, 5.41) is 20.6. The second-order valence-electron chi connectivity index (χ2n) is 13.0. The maximum Gasteiger partial charge on any atom is 0.410 e.